The first-order chi connectivity index (χ1) is 14.6. The van der Waals surface area contributed by atoms with Crippen LogP contribution in [-0.4, -0.2) is 27.4 Å². The minimum atomic E-state index is -0.936. The van der Waals surface area contributed by atoms with Crippen LogP contribution in [0.3, 0.4) is 0 Å². The van der Waals surface area contributed by atoms with Gasteiger partial charge in [-0.3, -0.25) is 9.69 Å². The Labute approximate surface area is 192 Å². The van der Waals surface area contributed by atoms with Crippen LogP contribution in [0.4, 0.5) is 4.79 Å². The molecular formula is C26H30BrNO3. The van der Waals surface area contributed by atoms with E-state index < -0.39 is 17.0 Å². The topological polar surface area (TPSA) is 57.6 Å². The van der Waals surface area contributed by atoms with Gasteiger partial charge in [0.2, 0.25) is 0 Å². The third-order valence-corrected chi connectivity index (χ3v) is 7.94. The first kappa shape index (κ1) is 22.1. The van der Waals surface area contributed by atoms with Crippen LogP contribution in [0.15, 0.2) is 53.0 Å². The quantitative estimate of drug-likeness (QED) is 0.543. The van der Waals surface area contributed by atoms with E-state index in [4.69, 9.17) is 0 Å². The van der Waals surface area contributed by atoms with Crippen LogP contribution in [-0.2, 0) is 22.2 Å². The van der Waals surface area contributed by atoms with Gasteiger partial charge in [0.25, 0.3) is 0 Å². The maximum absolute atomic E-state index is 13.4. The maximum atomic E-state index is 13.4. The van der Waals surface area contributed by atoms with Gasteiger partial charge in [0.05, 0.1) is 11.0 Å². The Morgan fingerprint density at radius 1 is 1.03 bits per heavy atom. The van der Waals surface area contributed by atoms with Crippen molar-refractivity contribution in [2.24, 2.45) is 0 Å². The lowest BCUT2D eigenvalue weighted by Gasteiger charge is -2.56. The molecule has 0 radical (unpaired) electrons. The third-order valence-electron chi connectivity index (χ3n) is 7.41. The minimum Gasteiger partial charge on any atom is -0.465 e. The van der Waals surface area contributed by atoms with Crippen molar-refractivity contribution in [1.29, 1.82) is 0 Å². The van der Waals surface area contributed by atoms with Crippen LogP contribution in [0.5, 0.6) is 0 Å². The Kier molecular flexibility index (Phi) is 5.53. The number of halogens is 1. The van der Waals surface area contributed by atoms with Gasteiger partial charge in [0.15, 0.2) is 0 Å². The average Bonchev–Trinajstić information content (AvgIpc) is 2.72. The van der Waals surface area contributed by atoms with E-state index in [1.54, 1.807) is 4.90 Å². The summed E-state index contributed by atoms with van der Waals surface area (Å²) >= 11 is 3.47. The predicted octanol–water partition coefficient (Wildman–Crippen LogP) is 6.45. The van der Waals surface area contributed by atoms with Crippen LogP contribution in [0.1, 0.15) is 69.6 Å². The second-order valence-electron chi connectivity index (χ2n) is 10.2. The summed E-state index contributed by atoms with van der Waals surface area (Å²) in [4.78, 5) is 27.5. The smallest absolute Gasteiger partial charge is 0.408 e. The number of hydrogen-bond acceptors (Lipinski definition) is 2. The molecule has 0 spiro atoms. The number of benzene rings is 2. The molecule has 0 aromatic heterocycles. The normalized spacial score (nSPS) is 25.5. The van der Waals surface area contributed by atoms with Gasteiger partial charge in [-0.25, -0.2) is 4.79 Å². The summed E-state index contributed by atoms with van der Waals surface area (Å²) in [7, 11) is 0. The van der Waals surface area contributed by atoms with E-state index in [2.05, 4.69) is 42.8 Å². The molecule has 0 atom stereocenters. The first-order valence-electron chi connectivity index (χ1n) is 11.0. The van der Waals surface area contributed by atoms with E-state index in [-0.39, 0.29) is 11.2 Å². The predicted molar refractivity (Wildman–Crippen MR) is 125 cm³/mol. The third kappa shape index (κ3) is 3.82. The fraction of sp³-hybridized carbons (Fsp3) is 0.462. The van der Waals surface area contributed by atoms with E-state index in [0.717, 1.165) is 34.0 Å². The number of carboxylic acid groups (broad SMARTS) is 1. The van der Waals surface area contributed by atoms with Crippen molar-refractivity contribution in [1.82, 2.24) is 4.90 Å². The highest BCUT2D eigenvalue weighted by Crippen LogP contribution is 2.54. The highest BCUT2D eigenvalue weighted by Gasteiger charge is 2.58. The van der Waals surface area contributed by atoms with Crippen molar-refractivity contribution in [3.8, 4) is 0 Å². The fourth-order valence-corrected chi connectivity index (χ4v) is 5.91. The zero-order valence-corrected chi connectivity index (χ0v) is 20.0. The van der Waals surface area contributed by atoms with Gasteiger partial charge >= 0.3 is 6.09 Å². The molecule has 5 rings (SSSR count). The van der Waals surface area contributed by atoms with E-state index in [1.165, 1.54) is 0 Å². The number of amides is 1. The van der Waals surface area contributed by atoms with Crippen LogP contribution in [0, 0.1) is 0 Å². The molecule has 4 nitrogen and oxygen atoms in total. The zero-order valence-electron chi connectivity index (χ0n) is 18.5. The van der Waals surface area contributed by atoms with Crippen LogP contribution >= 0.6 is 15.9 Å². The zero-order chi connectivity index (χ0) is 22.4. The van der Waals surface area contributed by atoms with Crippen LogP contribution < -0.4 is 0 Å². The summed E-state index contributed by atoms with van der Waals surface area (Å²) < 4.78 is 0.996. The summed E-state index contributed by atoms with van der Waals surface area (Å²) in [5.74, 6) is 0.183. The summed E-state index contributed by atoms with van der Waals surface area (Å²) in [5.41, 5.74) is 2.09. The van der Waals surface area contributed by atoms with E-state index >= 15 is 0 Å². The summed E-state index contributed by atoms with van der Waals surface area (Å²) in [6.45, 7) is 6.76. The molecule has 5 heteroatoms. The molecular weight excluding hydrogens is 454 g/mol. The minimum absolute atomic E-state index is 0.0792. The highest BCUT2D eigenvalue weighted by atomic mass is 79.9. The number of carbonyl (C=O) groups excluding carboxylic acids is 1. The molecule has 0 saturated heterocycles. The first-order valence-corrected chi connectivity index (χ1v) is 11.8. The highest BCUT2D eigenvalue weighted by molar-refractivity contribution is 9.10. The summed E-state index contributed by atoms with van der Waals surface area (Å²) in [5, 5.41) is 10.2. The monoisotopic (exact) mass is 483 g/mol. The Morgan fingerprint density at radius 3 is 2.19 bits per heavy atom. The summed E-state index contributed by atoms with van der Waals surface area (Å²) in [6.07, 6.45) is 2.22. The Morgan fingerprint density at radius 2 is 1.65 bits per heavy atom. The van der Waals surface area contributed by atoms with Gasteiger partial charge in [-0.05, 0) is 59.9 Å². The van der Waals surface area contributed by atoms with Crippen molar-refractivity contribution in [3.05, 3.63) is 69.7 Å². The maximum Gasteiger partial charge on any atom is 0.408 e. The van der Waals surface area contributed by atoms with Gasteiger partial charge in [0.1, 0.15) is 5.78 Å². The number of hydrogen-bond donors (Lipinski definition) is 1. The number of fused-ring (bicyclic) bond motifs is 3. The molecule has 2 bridgehead atoms. The number of nitrogens with zero attached hydrogens (tertiary/aromatic N) is 1. The van der Waals surface area contributed by atoms with Crippen molar-refractivity contribution >= 4 is 27.8 Å². The van der Waals surface area contributed by atoms with E-state index in [9.17, 15) is 14.7 Å². The molecule has 3 aliphatic rings. The lowest BCUT2D eigenvalue weighted by molar-refractivity contribution is -0.138. The average molecular weight is 484 g/mol. The van der Waals surface area contributed by atoms with Crippen molar-refractivity contribution < 1.29 is 14.7 Å². The second kappa shape index (κ2) is 7.77. The second-order valence-corrected chi connectivity index (χ2v) is 11.1. The standard InChI is InChI=1S/C26H30BrNO3/c1-24(2,3)21-7-5-4-6-18(21)17-28(23(30)31)25-12-14-26(15-13-25,22(29)16-25)19-8-10-20(27)11-9-19/h4-11H,12-17H2,1-3H3,(H,30,31). The molecule has 3 saturated carbocycles. The molecule has 2 aromatic rings. The SMILES string of the molecule is CC(C)(C)c1ccccc1CN(C(=O)O)C12CCC(c3ccc(Br)cc3)(CC1)C(=O)C2. The Balaban J connectivity index is 1.64. The van der Waals surface area contributed by atoms with Crippen LogP contribution in [0.25, 0.3) is 0 Å². The molecule has 164 valence electrons. The lowest BCUT2D eigenvalue weighted by Crippen LogP contribution is -2.62. The molecule has 1 N–H and O–H groups in total. The molecule has 1 amide bonds. The number of ketones is 1. The van der Waals surface area contributed by atoms with E-state index in [1.807, 2.05) is 42.5 Å². The molecule has 2 aromatic carbocycles. The van der Waals surface area contributed by atoms with Crippen molar-refractivity contribution in [3.63, 3.8) is 0 Å². The van der Waals surface area contributed by atoms with Crippen LogP contribution in [0.2, 0.25) is 0 Å². The van der Waals surface area contributed by atoms with Gasteiger partial charge in [-0.1, -0.05) is 73.1 Å². The van der Waals surface area contributed by atoms with Crippen molar-refractivity contribution in [2.45, 2.75) is 75.8 Å². The van der Waals surface area contributed by atoms with Gasteiger partial charge in [0, 0.05) is 17.4 Å². The Bertz CT molecular complexity index is 998. The number of carbonyl (C=O) groups is 2. The molecule has 3 fully saturated rings. The fourth-order valence-electron chi connectivity index (χ4n) is 5.65. The molecule has 0 unspecified atom stereocenters. The van der Waals surface area contributed by atoms with E-state index in [0.29, 0.717) is 25.8 Å². The van der Waals surface area contributed by atoms with Gasteiger partial charge < -0.3 is 5.11 Å². The largest absolute Gasteiger partial charge is 0.465 e. The molecule has 0 aliphatic heterocycles. The number of Topliss-reactive ketones (excluding diaryl/α,β-unsaturated/α-hetero) is 1. The molecule has 0 heterocycles. The summed E-state index contributed by atoms with van der Waals surface area (Å²) in [6, 6.07) is 16.1. The Hall–Kier alpha value is -2.14. The molecule has 3 aliphatic carbocycles. The van der Waals surface area contributed by atoms with Crippen molar-refractivity contribution in [2.75, 3.05) is 0 Å². The van der Waals surface area contributed by atoms with Gasteiger partial charge in [-0.15, -0.1) is 0 Å². The number of rotatable bonds is 4. The lowest BCUT2D eigenvalue weighted by atomic mass is 9.54. The molecule has 31 heavy (non-hydrogen) atoms. The van der Waals surface area contributed by atoms with Gasteiger partial charge in [-0.2, -0.15) is 0 Å².